The van der Waals surface area contributed by atoms with Crippen molar-refractivity contribution in [3.05, 3.63) is 29.8 Å². The molecule has 3 N–H and O–H groups in total. The minimum Gasteiger partial charge on any atom is -0.497 e. The SMILES string of the molecule is COc1cccc(C2(N)CCNCC2)c1. The van der Waals surface area contributed by atoms with Crippen LogP contribution in [-0.2, 0) is 5.54 Å². The predicted octanol–water partition coefficient (Wildman–Crippen LogP) is 1.23. The van der Waals surface area contributed by atoms with E-state index in [1.54, 1.807) is 7.11 Å². The van der Waals surface area contributed by atoms with Gasteiger partial charge in [0.1, 0.15) is 5.75 Å². The molecule has 0 bridgehead atoms. The summed E-state index contributed by atoms with van der Waals surface area (Å²) in [5.41, 5.74) is 7.41. The van der Waals surface area contributed by atoms with Crippen molar-refractivity contribution < 1.29 is 4.74 Å². The molecule has 2 rings (SSSR count). The molecular weight excluding hydrogens is 188 g/mol. The molecule has 1 aliphatic heterocycles. The molecule has 3 nitrogen and oxygen atoms in total. The Kier molecular flexibility index (Phi) is 2.93. The Morgan fingerprint density at radius 1 is 1.33 bits per heavy atom. The van der Waals surface area contributed by atoms with Crippen molar-refractivity contribution >= 4 is 0 Å². The number of rotatable bonds is 2. The number of nitrogens with one attached hydrogen (secondary N) is 1. The average Bonchev–Trinajstić information content (AvgIpc) is 2.30. The van der Waals surface area contributed by atoms with Gasteiger partial charge in [-0.05, 0) is 43.6 Å². The third kappa shape index (κ3) is 2.13. The van der Waals surface area contributed by atoms with Crippen LogP contribution < -0.4 is 15.8 Å². The summed E-state index contributed by atoms with van der Waals surface area (Å²) >= 11 is 0. The molecule has 0 saturated carbocycles. The van der Waals surface area contributed by atoms with E-state index in [1.807, 2.05) is 18.2 Å². The molecule has 0 atom stereocenters. The molecule has 0 aromatic heterocycles. The summed E-state index contributed by atoms with van der Waals surface area (Å²) in [7, 11) is 1.69. The third-order valence-corrected chi connectivity index (χ3v) is 3.14. The molecule has 0 amide bonds. The van der Waals surface area contributed by atoms with Crippen molar-refractivity contribution in [2.75, 3.05) is 20.2 Å². The van der Waals surface area contributed by atoms with Gasteiger partial charge in [-0.25, -0.2) is 0 Å². The highest BCUT2D eigenvalue weighted by Crippen LogP contribution is 2.29. The number of methoxy groups -OCH3 is 1. The Morgan fingerprint density at radius 2 is 2.07 bits per heavy atom. The molecule has 1 saturated heterocycles. The van der Waals surface area contributed by atoms with Gasteiger partial charge in [0.05, 0.1) is 7.11 Å². The van der Waals surface area contributed by atoms with Gasteiger partial charge in [0, 0.05) is 5.54 Å². The van der Waals surface area contributed by atoms with E-state index in [4.69, 9.17) is 10.5 Å². The van der Waals surface area contributed by atoms with E-state index in [1.165, 1.54) is 5.56 Å². The van der Waals surface area contributed by atoms with Crippen molar-refractivity contribution in [1.82, 2.24) is 5.32 Å². The molecule has 0 spiro atoms. The number of hydrogen-bond donors (Lipinski definition) is 2. The van der Waals surface area contributed by atoms with E-state index >= 15 is 0 Å². The number of piperidine rings is 1. The minimum atomic E-state index is -0.181. The third-order valence-electron chi connectivity index (χ3n) is 3.14. The first-order chi connectivity index (χ1) is 7.24. The van der Waals surface area contributed by atoms with E-state index < -0.39 is 0 Å². The minimum absolute atomic E-state index is 0.181. The van der Waals surface area contributed by atoms with Crippen LogP contribution in [0.4, 0.5) is 0 Å². The number of ether oxygens (including phenoxy) is 1. The van der Waals surface area contributed by atoms with Gasteiger partial charge in [-0.15, -0.1) is 0 Å². The van der Waals surface area contributed by atoms with Crippen molar-refractivity contribution in [2.45, 2.75) is 18.4 Å². The number of benzene rings is 1. The quantitative estimate of drug-likeness (QED) is 0.765. The van der Waals surface area contributed by atoms with Crippen molar-refractivity contribution in [2.24, 2.45) is 5.73 Å². The van der Waals surface area contributed by atoms with E-state index in [2.05, 4.69) is 11.4 Å². The highest BCUT2D eigenvalue weighted by atomic mass is 16.5. The first-order valence-electron chi connectivity index (χ1n) is 5.39. The summed E-state index contributed by atoms with van der Waals surface area (Å²) in [5, 5.41) is 3.33. The van der Waals surface area contributed by atoms with E-state index in [9.17, 15) is 0 Å². The van der Waals surface area contributed by atoms with E-state index in [-0.39, 0.29) is 5.54 Å². The Bertz CT molecular complexity index is 332. The summed E-state index contributed by atoms with van der Waals surface area (Å²) in [6.07, 6.45) is 1.97. The summed E-state index contributed by atoms with van der Waals surface area (Å²) < 4.78 is 5.22. The Morgan fingerprint density at radius 3 is 2.73 bits per heavy atom. The Balaban J connectivity index is 2.26. The van der Waals surface area contributed by atoms with Gasteiger partial charge in [-0.1, -0.05) is 12.1 Å². The van der Waals surface area contributed by atoms with Gasteiger partial charge in [-0.2, -0.15) is 0 Å². The molecule has 15 heavy (non-hydrogen) atoms. The van der Waals surface area contributed by atoms with Gasteiger partial charge in [0.25, 0.3) is 0 Å². The number of nitrogens with two attached hydrogens (primary N) is 1. The zero-order valence-electron chi connectivity index (χ0n) is 9.12. The zero-order chi connectivity index (χ0) is 10.7. The lowest BCUT2D eigenvalue weighted by molar-refractivity contribution is 0.315. The zero-order valence-corrected chi connectivity index (χ0v) is 9.12. The lowest BCUT2D eigenvalue weighted by Gasteiger charge is -2.34. The van der Waals surface area contributed by atoms with Gasteiger partial charge in [-0.3, -0.25) is 0 Å². The van der Waals surface area contributed by atoms with E-state index in [0.29, 0.717) is 0 Å². The highest BCUT2D eigenvalue weighted by Gasteiger charge is 2.29. The molecule has 0 radical (unpaired) electrons. The Hall–Kier alpha value is -1.06. The molecule has 3 heteroatoms. The molecule has 0 aliphatic carbocycles. The largest absolute Gasteiger partial charge is 0.497 e. The summed E-state index contributed by atoms with van der Waals surface area (Å²) in [4.78, 5) is 0. The average molecular weight is 206 g/mol. The molecule has 1 aromatic rings. The van der Waals surface area contributed by atoms with Crippen LogP contribution in [0.3, 0.4) is 0 Å². The van der Waals surface area contributed by atoms with Crippen LogP contribution in [-0.4, -0.2) is 20.2 Å². The van der Waals surface area contributed by atoms with Gasteiger partial charge < -0.3 is 15.8 Å². The van der Waals surface area contributed by atoms with Crippen LogP contribution in [0, 0.1) is 0 Å². The van der Waals surface area contributed by atoms with Gasteiger partial charge >= 0.3 is 0 Å². The van der Waals surface area contributed by atoms with Crippen LogP contribution in [0.15, 0.2) is 24.3 Å². The van der Waals surface area contributed by atoms with Gasteiger partial charge in [0.2, 0.25) is 0 Å². The fraction of sp³-hybridized carbons (Fsp3) is 0.500. The lowest BCUT2D eigenvalue weighted by Crippen LogP contribution is -2.46. The Labute approximate surface area is 90.6 Å². The second-order valence-electron chi connectivity index (χ2n) is 4.14. The summed E-state index contributed by atoms with van der Waals surface area (Å²) in [6.45, 7) is 1.99. The lowest BCUT2D eigenvalue weighted by atomic mass is 9.82. The molecule has 1 aromatic carbocycles. The van der Waals surface area contributed by atoms with Crippen LogP contribution in [0.1, 0.15) is 18.4 Å². The fourth-order valence-corrected chi connectivity index (χ4v) is 2.09. The van der Waals surface area contributed by atoms with Crippen LogP contribution in [0.2, 0.25) is 0 Å². The fourth-order valence-electron chi connectivity index (χ4n) is 2.09. The van der Waals surface area contributed by atoms with E-state index in [0.717, 1.165) is 31.7 Å². The monoisotopic (exact) mass is 206 g/mol. The first kappa shape index (κ1) is 10.5. The van der Waals surface area contributed by atoms with Crippen molar-refractivity contribution in [3.63, 3.8) is 0 Å². The van der Waals surface area contributed by atoms with Crippen molar-refractivity contribution in [3.8, 4) is 5.75 Å². The summed E-state index contributed by atoms with van der Waals surface area (Å²) in [6, 6.07) is 8.10. The summed E-state index contributed by atoms with van der Waals surface area (Å²) in [5.74, 6) is 0.885. The van der Waals surface area contributed by atoms with Crippen molar-refractivity contribution in [1.29, 1.82) is 0 Å². The first-order valence-corrected chi connectivity index (χ1v) is 5.39. The highest BCUT2D eigenvalue weighted by molar-refractivity contribution is 5.33. The molecule has 1 fully saturated rings. The van der Waals surface area contributed by atoms with Crippen LogP contribution >= 0.6 is 0 Å². The normalized spacial score (nSPS) is 19.9. The maximum atomic E-state index is 6.41. The molecule has 1 aliphatic rings. The molecule has 0 unspecified atom stereocenters. The van der Waals surface area contributed by atoms with Crippen LogP contribution in [0.25, 0.3) is 0 Å². The maximum Gasteiger partial charge on any atom is 0.119 e. The molecule has 82 valence electrons. The maximum absolute atomic E-state index is 6.41. The van der Waals surface area contributed by atoms with Crippen LogP contribution in [0.5, 0.6) is 5.75 Å². The number of hydrogen-bond acceptors (Lipinski definition) is 3. The van der Waals surface area contributed by atoms with Gasteiger partial charge in [0.15, 0.2) is 0 Å². The second kappa shape index (κ2) is 4.21. The molecule has 1 heterocycles. The molecular formula is C12H18N2O. The predicted molar refractivity (Wildman–Crippen MR) is 61.0 cm³/mol. The second-order valence-corrected chi connectivity index (χ2v) is 4.14. The standard InChI is InChI=1S/C12H18N2O/c1-15-11-4-2-3-10(9-11)12(13)5-7-14-8-6-12/h2-4,9,14H,5-8,13H2,1H3. The topological polar surface area (TPSA) is 47.3 Å². The smallest absolute Gasteiger partial charge is 0.119 e.